The first-order valence-electron chi connectivity index (χ1n) is 8.21. The highest BCUT2D eigenvalue weighted by atomic mass is 35.5. The van der Waals surface area contributed by atoms with Crippen molar-refractivity contribution in [2.45, 2.75) is 12.3 Å². The van der Waals surface area contributed by atoms with Crippen LogP contribution >= 0.6 is 22.9 Å². The van der Waals surface area contributed by atoms with Gasteiger partial charge in [0.2, 0.25) is 5.91 Å². The van der Waals surface area contributed by atoms with E-state index in [1.165, 1.54) is 16.5 Å². The van der Waals surface area contributed by atoms with Gasteiger partial charge in [-0.3, -0.25) is 19.1 Å². The van der Waals surface area contributed by atoms with Crippen LogP contribution in [-0.4, -0.2) is 10.5 Å². The van der Waals surface area contributed by atoms with Crippen molar-refractivity contribution in [3.63, 3.8) is 0 Å². The Kier molecular flexibility index (Phi) is 4.55. The highest BCUT2D eigenvalue weighted by Crippen LogP contribution is 2.45. The first-order valence-corrected chi connectivity index (χ1v) is 9.40. The summed E-state index contributed by atoms with van der Waals surface area (Å²) in [5, 5.41) is 0.481. The summed E-state index contributed by atoms with van der Waals surface area (Å²) in [6.07, 6.45) is -0.197. The number of carbonyl (C=O) groups is 1. The summed E-state index contributed by atoms with van der Waals surface area (Å²) in [5.74, 6) is -5.28. The normalized spacial score (nSPS) is 16.4. The summed E-state index contributed by atoms with van der Waals surface area (Å²) in [4.78, 5) is 26.7. The van der Waals surface area contributed by atoms with E-state index >= 15 is 0 Å². The van der Waals surface area contributed by atoms with Crippen LogP contribution in [0.15, 0.2) is 41.2 Å². The second-order valence-electron chi connectivity index (χ2n) is 6.34. The standard InChI is InChI=1S/C19H12ClF3N2O2S/c1-24-18-17(28-19(24)27)12(11-6-7-13(21)16(23)15(11)22)8-14(26)25(18)10-4-2-9(20)3-5-10/h2-7,12H,8H2,1H3. The Labute approximate surface area is 166 Å². The number of fused-ring (bicyclic) bond motifs is 1. The van der Waals surface area contributed by atoms with Gasteiger partial charge in [-0.2, -0.15) is 0 Å². The lowest BCUT2D eigenvalue weighted by molar-refractivity contribution is -0.118. The van der Waals surface area contributed by atoms with E-state index in [-0.39, 0.29) is 22.7 Å². The Morgan fingerprint density at radius 3 is 2.39 bits per heavy atom. The van der Waals surface area contributed by atoms with Crippen molar-refractivity contribution in [3.8, 4) is 0 Å². The average Bonchev–Trinajstić information content (AvgIpc) is 2.96. The predicted octanol–water partition coefficient (Wildman–Crippen LogP) is 4.72. The summed E-state index contributed by atoms with van der Waals surface area (Å²) in [6, 6.07) is 8.40. The van der Waals surface area contributed by atoms with Crippen molar-refractivity contribution in [3.05, 3.63) is 79.0 Å². The highest BCUT2D eigenvalue weighted by Gasteiger charge is 2.39. The molecule has 3 aromatic rings. The van der Waals surface area contributed by atoms with Crippen LogP contribution in [0.3, 0.4) is 0 Å². The Bertz CT molecular complexity index is 1160. The molecule has 0 spiro atoms. The number of hydrogen-bond acceptors (Lipinski definition) is 3. The molecule has 4 nitrogen and oxygen atoms in total. The van der Waals surface area contributed by atoms with E-state index in [4.69, 9.17) is 11.6 Å². The molecule has 1 aromatic heterocycles. The second-order valence-corrected chi connectivity index (χ2v) is 7.77. The molecule has 0 aliphatic carbocycles. The largest absolute Gasteiger partial charge is 0.308 e. The molecule has 2 aromatic carbocycles. The summed E-state index contributed by atoms with van der Waals surface area (Å²) in [6.45, 7) is 0. The van der Waals surface area contributed by atoms with Gasteiger partial charge in [-0.1, -0.05) is 29.0 Å². The number of thiazole rings is 1. The number of hydrogen-bond donors (Lipinski definition) is 0. The van der Waals surface area contributed by atoms with Crippen molar-refractivity contribution in [1.82, 2.24) is 4.57 Å². The molecule has 0 bridgehead atoms. The predicted molar refractivity (Wildman–Crippen MR) is 101 cm³/mol. The first-order chi connectivity index (χ1) is 13.3. The van der Waals surface area contributed by atoms with Crippen LogP contribution in [0, 0.1) is 17.5 Å². The molecule has 1 amide bonds. The first kappa shape index (κ1) is 18.8. The van der Waals surface area contributed by atoms with E-state index in [9.17, 15) is 22.8 Å². The summed E-state index contributed by atoms with van der Waals surface area (Å²) >= 11 is 6.75. The lowest BCUT2D eigenvalue weighted by Gasteiger charge is -2.32. The van der Waals surface area contributed by atoms with Gasteiger partial charge in [0.15, 0.2) is 17.5 Å². The summed E-state index contributed by atoms with van der Waals surface area (Å²) < 4.78 is 42.8. The Balaban J connectivity index is 1.92. The van der Waals surface area contributed by atoms with Crippen molar-refractivity contribution < 1.29 is 18.0 Å². The molecule has 0 radical (unpaired) electrons. The Morgan fingerprint density at radius 2 is 1.71 bits per heavy atom. The molecule has 0 fully saturated rings. The van der Waals surface area contributed by atoms with Gasteiger partial charge in [-0.15, -0.1) is 0 Å². The molecule has 144 valence electrons. The van der Waals surface area contributed by atoms with Crippen LogP contribution in [0.5, 0.6) is 0 Å². The maximum atomic E-state index is 14.4. The van der Waals surface area contributed by atoms with Gasteiger partial charge in [0, 0.05) is 30.0 Å². The maximum absolute atomic E-state index is 14.4. The minimum atomic E-state index is -1.60. The van der Waals surface area contributed by atoms with Gasteiger partial charge in [-0.05, 0) is 30.3 Å². The number of rotatable bonds is 2. The number of halogens is 4. The molecule has 2 heterocycles. The quantitative estimate of drug-likeness (QED) is 0.559. The van der Waals surface area contributed by atoms with Gasteiger partial charge in [0.05, 0.1) is 10.6 Å². The van der Waals surface area contributed by atoms with Crippen molar-refractivity contribution >= 4 is 40.4 Å². The van der Waals surface area contributed by atoms with Gasteiger partial charge in [-0.25, -0.2) is 13.2 Å². The van der Waals surface area contributed by atoms with E-state index in [2.05, 4.69) is 0 Å². The number of nitrogens with zero attached hydrogens (tertiary/aromatic N) is 2. The average molecular weight is 425 g/mol. The van der Waals surface area contributed by atoms with E-state index in [1.54, 1.807) is 24.3 Å². The molecule has 1 unspecified atom stereocenters. The molecular formula is C19H12ClF3N2O2S. The second kappa shape index (κ2) is 6.79. The number of carbonyl (C=O) groups excluding carboxylic acids is 1. The highest BCUT2D eigenvalue weighted by molar-refractivity contribution is 7.10. The van der Waals surface area contributed by atoms with E-state index < -0.39 is 29.3 Å². The van der Waals surface area contributed by atoms with Crippen molar-refractivity contribution in [1.29, 1.82) is 0 Å². The lowest BCUT2D eigenvalue weighted by Crippen LogP contribution is -2.35. The number of aromatic nitrogens is 1. The third-order valence-electron chi connectivity index (χ3n) is 4.69. The van der Waals surface area contributed by atoms with Gasteiger partial charge >= 0.3 is 4.87 Å². The molecule has 0 saturated carbocycles. The molecule has 0 N–H and O–H groups in total. The van der Waals surface area contributed by atoms with Gasteiger partial charge in [0.25, 0.3) is 0 Å². The van der Waals surface area contributed by atoms with Gasteiger partial charge in [0.1, 0.15) is 5.82 Å². The topological polar surface area (TPSA) is 42.3 Å². The van der Waals surface area contributed by atoms with Crippen molar-refractivity contribution in [2.24, 2.45) is 7.05 Å². The zero-order chi connectivity index (χ0) is 20.2. The van der Waals surface area contributed by atoms with Crippen LogP contribution in [0.4, 0.5) is 24.7 Å². The molecule has 4 rings (SSSR count). The van der Waals surface area contributed by atoms with Crippen LogP contribution < -0.4 is 9.77 Å². The van der Waals surface area contributed by atoms with Crippen LogP contribution in [0.1, 0.15) is 22.8 Å². The number of amides is 1. The van der Waals surface area contributed by atoms with Crippen molar-refractivity contribution in [2.75, 3.05) is 4.90 Å². The Morgan fingerprint density at radius 1 is 1.04 bits per heavy atom. The molecule has 1 aliphatic rings. The van der Waals surface area contributed by atoms with E-state index in [1.807, 2.05) is 0 Å². The molecule has 1 aliphatic heterocycles. The fourth-order valence-electron chi connectivity index (χ4n) is 3.34. The summed E-state index contributed by atoms with van der Waals surface area (Å²) in [7, 11) is 1.50. The van der Waals surface area contributed by atoms with Gasteiger partial charge < -0.3 is 0 Å². The molecular weight excluding hydrogens is 413 g/mol. The fraction of sp³-hybridized carbons (Fsp3) is 0.158. The smallest absolute Gasteiger partial charge is 0.288 e. The molecule has 1 atom stereocenters. The Hall–Kier alpha value is -2.58. The fourth-order valence-corrected chi connectivity index (χ4v) is 4.55. The van der Waals surface area contributed by atoms with Crippen LogP contribution in [0.25, 0.3) is 0 Å². The van der Waals surface area contributed by atoms with E-state index in [0.717, 1.165) is 23.5 Å². The third-order valence-corrected chi connectivity index (χ3v) is 6.08. The molecule has 0 saturated heterocycles. The third kappa shape index (κ3) is 2.84. The zero-order valence-electron chi connectivity index (χ0n) is 14.4. The SMILES string of the molecule is Cn1c2c(sc1=O)C(c1ccc(F)c(F)c1F)CC(=O)N2c1ccc(Cl)cc1. The van der Waals surface area contributed by atoms with E-state index in [0.29, 0.717) is 15.6 Å². The molecule has 28 heavy (non-hydrogen) atoms. The zero-order valence-corrected chi connectivity index (χ0v) is 16.0. The van der Waals surface area contributed by atoms with Crippen LogP contribution in [0.2, 0.25) is 5.02 Å². The molecule has 9 heteroatoms. The minimum Gasteiger partial charge on any atom is -0.288 e. The lowest BCUT2D eigenvalue weighted by atomic mass is 9.90. The minimum absolute atomic E-state index is 0.161. The maximum Gasteiger partial charge on any atom is 0.308 e. The number of benzene rings is 2. The monoisotopic (exact) mass is 424 g/mol. The van der Waals surface area contributed by atoms with Crippen LogP contribution in [-0.2, 0) is 11.8 Å². The number of anilines is 2. The summed E-state index contributed by atoms with van der Waals surface area (Å²) in [5.41, 5.74) is 0.333.